The molecule has 0 radical (unpaired) electrons. The van der Waals surface area contributed by atoms with Crippen molar-refractivity contribution in [2.45, 2.75) is 20.0 Å². The first-order valence-corrected chi connectivity index (χ1v) is 8.53. The van der Waals surface area contributed by atoms with E-state index >= 15 is 0 Å². The van der Waals surface area contributed by atoms with Crippen LogP contribution in [0.5, 0.6) is 5.75 Å². The number of hydrogen-bond acceptors (Lipinski definition) is 5. The lowest BCUT2D eigenvalue weighted by Gasteiger charge is -2.14. The smallest absolute Gasteiger partial charge is 0.347 e. The molecule has 0 aliphatic carbocycles. The van der Waals surface area contributed by atoms with Crippen molar-refractivity contribution in [3.8, 4) is 16.9 Å². The highest BCUT2D eigenvalue weighted by Crippen LogP contribution is 2.31. The van der Waals surface area contributed by atoms with Gasteiger partial charge in [0, 0.05) is 22.5 Å². The standard InChI is InChI=1S/C20H17ClO5/c1-3-24-20(23)12(2)25-15-7-8-16-17(11-19(22)26-18(16)10-15)13-5-4-6-14(21)9-13/h4-12H,3H2,1-2H3. The van der Waals surface area contributed by atoms with Crippen LogP contribution >= 0.6 is 11.6 Å². The highest BCUT2D eigenvalue weighted by atomic mass is 35.5. The van der Waals surface area contributed by atoms with Gasteiger partial charge in [-0.05, 0) is 49.2 Å². The number of ether oxygens (including phenoxy) is 2. The number of esters is 1. The summed E-state index contributed by atoms with van der Waals surface area (Å²) in [7, 11) is 0. The van der Waals surface area contributed by atoms with Crippen molar-refractivity contribution in [1.82, 2.24) is 0 Å². The molecular weight excluding hydrogens is 356 g/mol. The quantitative estimate of drug-likeness (QED) is 0.489. The number of fused-ring (bicyclic) bond motifs is 1. The third-order valence-corrected chi connectivity index (χ3v) is 4.02. The Labute approximate surface area is 155 Å². The molecule has 5 nitrogen and oxygen atoms in total. The van der Waals surface area contributed by atoms with Crippen LogP contribution in [-0.4, -0.2) is 18.7 Å². The molecule has 1 aromatic heterocycles. The number of halogens is 1. The zero-order valence-electron chi connectivity index (χ0n) is 14.3. The summed E-state index contributed by atoms with van der Waals surface area (Å²) in [5, 5.41) is 1.31. The molecule has 6 heteroatoms. The van der Waals surface area contributed by atoms with Gasteiger partial charge in [0.15, 0.2) is 6.10 Å². The van der Waals surface area contributed by atoms with Crippen LogP contribution in [-0.2, 0) is 9.53 Å². The lowest BCUT2D eigenvalue weighted by atomic mass is 10.0. The molecule has 2 aromatic carbocycles. The second-order valence-electron chi connectivity index (χ2n) is 5.66. The summed E-state index contributed by atoms with van der Waals surface area (Å²) in [6.45, 7) is 3.61. The summed E-state index contributed by atoms with van der Waals surface area (Å²) in [6, 6.07) is 13.7. The molecule has 1 atom stereocenters. The van der Waals surface area contributed by atoms with Crippen molar-refractivity contribution in [2.24, 2.45) is 0 Å². The van der Waals surface area contributed by atoms with E-state index in [1.165, 1.54) is 6.07 Å². The molecule has 134 valence electrons. The highest BCUT2D eigenvalue weighted by Gasteiger charge is 2.17. The Morgan fingerprint density at radius 2 is 2.00 bits per heavy atom. The summed E-state index contributed by atoms with van der Waals surface area (Å²) in [5.74, 6) is -0.0498. The maximum atomic E-state index is 12.0. The zero-order valence-corrected chi connectivity index (χ0v) is 15.1. The topological polar surface area (TPSA) is 65.7 Å². The van der Waals surface area contributed by atoms with E-state index in [-0.39, 0.29) is 6.61 Å². The molecule has 0 spiro atoms. The summed E-state index contributed by atoms with van der Waals surface area (Å²) in [5.41, 5.74) is 1.40. The van der Waals surface area contributed by atoms with Gasteiger partial charge in [0.05, 0.1) is 6.61 Å². The average molecular weight is 373 g/mol. The number of carbonyl (C=O) groups is 1. The molecule has 0 saturated carbocycles. The van der Waals surface area contributed by atoms with E-state index in [1.807, 2.05) is 12.1 Å². The van der Waals surface area contributed by atoms with Gasteiger partial charge in [0.1, 0.15) is 11.3 Å². The second-order valence-corrected chi connectivity index (χ2v) is 6.10. The second kappa shape index (κ2) is 7.62. The van der Waals surface area contributed by atoms with Crippen molar-refractivity contribution >= 4 is 28.5 Å². The Morgan fingerprint density at radius 1 is 1.19 bits per heavy atom. The van der Waals surface area contributed by atoms with Crippen LogP contribution in [0.15, 0.2) is 57.7 Å². The van der Waals surface area contributed by atoms with Crippen LogP contribution in [0.25, 0.3) is 22.1 Å². The fourth-order valence-corrected chi connectivity index (χ4v) is 2.81. The first kappa shape index (κ1) is 18.0. The maximum absolute atomic E-state index is 12.0. The molecule has 3 aromatic rings. The summed E-state index contributed by atoms with van der Waals surface area (Å²) < 4.78 is 15.8. The molecule has 0 aliphatic heterocycles. The SMILES string of the molecule is CCOC(=O)C(C)Oc1ccc2c(-c3cccc(Cl)c3)cc(=O)oc2c1. The molecule has 0 aliphatic rings. The molecule has 3 rings (SSSR count). The highest BCUT2D eigenvalue weighted by molar-refractivity contribution is 6.30. The first-order chi connectivity index (χ1) is 12.5. The molecule has 0 N–H and O–H groups in total. The molecule has 0 amide bonds. The Hall–Kier alpha value is -2.79. The first-order valence-electron chi connectivity index (χ1n) is 8.15. The maximum Gasteiger partial charge on any atom is 0.347 e. The van der Waals surface area contributed by atoms with Crippen molar-refractivity contribution in [3.05, 3.63) is 64.0 Å². The summed E-state index contributed by atoms with van der Waals surface area (Å²) in [4.78, 5) is 23.7. The Morgan fingerprint density at radius 3 is 2.73 bits per heavy atom. The van der Waals surface area contributed by atoms with Gasteiger partial charge in [0.25, 0.3) is 0 Å². The predicted octanol–water partition coefficient (Wildman–Crippen LogP) is 4.44. The van der Waals surface area contributed by atoms with E-state index in [0.717, 1.165) is 10.9 Å². The molecular formula is C20H17ClO5. The van der Waals surface area contributed by atoms with Gasteiger partial charge in [-0.3, -0.25) is 0 Å². The molecule has 0 bridgehead atoms. The summed E-state index contributed by atoms with van der Waals surface area (Å²) >= 11 is 6.06. The molecule has 0 fully saturated rings. The lowest BCUT2D eigenvalue weighted by Crippen LogP contribution is -2.26. The number of carbonyl (C=O) groups excluding carboxylic acids is 1. The lowest BCUT2D eigenvalue weighted by molar-refractivity contribution is -0.150. The largest absolute Gasteiger partial charge is 0.479 e. The van der Waals surface area contributed by atoms with Crippen LogP contribution in [0.3, 0.4) is 0 Å². The van der Waals surface area contributed by atoms with E-state index in [9.17, 15) is 9.59 Å². The van der Waals surface area contributed by atoms with Gasteiger partial charge in [-0.15, -0.1) is 0 Å². The van der Waals surface area contributed by atoms with E-state index in [4.69, 9.17) is 25.5 Å². The van der Waals surface area contributed by atoms with Gasteiger partial charge in [-0.2, -0.15) is 0 Å². The van der Waals surface area contributed by atoms with E-state index in [2.05, 4.69) is 0 Å². The average Bonchev–Trinajstić information content (AvgIpc) is 2.61. The minimum absolute atomic E-state index is 0.280. The van der Waals surface area contributed by atoms with Crippen LogP contribution in [0.1, 0.15) is 13.8 Å². The zero-order chi connectivity index (χ0) is 18.7. The van der Waals surface area contributed by atoms with Gasteiger partial charge in [0.2, 0.25) is 0 Å². The van der Waals surface area contributed by atoms with Crippen molar-refractivity contribution in [3.63, 3.8) is 0 Å². The third kappa shape index (κ3) is 3.89. The van der Waals surface area contributed by atoms with Crippen molar-refractivity contribution in [1.29, 1.82) is 0 Å². The molecule has 26 heavy (non-hydrogen) atoms. The van der Waals surface area contributed by atoms with E-state index < -0.39 is 17.7 Å². The summed E-state index contributed by atoms with van der Waals surface area (Å²) in [6.07, 6.45) is -0.768. The molecule has 0 saturated heterocycles. The Kier molecular flexibility index (Phi) is 5.28. The minimum atomic E-state index is -0.768. The number of rotatable bonds is 5. The van der Waals surface area contributed by atoms with Gasteiger partial charge < -0.3 is 13.9 Å². The van der Waals surface area contributed by atoms with Crippen LogP contribution in [0.2, 0.25) is 5.02 Å². The van der Waals surface area contributed by atoms with E-state index in [1.54, 1.807) is 44.2 Å². The number of hydrogen-bond donors (Lipinski definition) is 0. The fraction of sp³-hybridized carbons (Fsp3) is 0.200. The van der Waals surface area contributed by atoms with Gasteiger partial charge in [-0.1, -0.05) is 23.7 Å². The third-order valence-electron chi connectivity index (χ3n) is 3.78. The van der Waals surface area contributed by atoms with Crippen LogP contribution in [0, 0.1) is 0 Å². The van der Waals surface area contributed by atoms with Crippen molar-refractivity contribution < 1.29 is 18.7 Å². The normalized spacial score (nSPS) is 12.0. The van der Waals surface area contributed by atoms with Gasteiger partial charge in [-0.25, -0.2) is 9.59 Å². The fourth-order valence-electron chi connectivity index (χ4n) is 2.62. The van der Waals surface area contributed by atoms with Crippen molar-refractivity contribution in [2.75, 3.05) is 6.61 Å². The molecule has 1 heterocycles. The monoisotopic (exact) mass is 372 g/mol. The number of benzene rings is 2. The predicted molar refractivity (Wildman–Crippen MR) is 99.7 cm³/mol. The Bertz CT molecular complexity index is 1010. The van der Waals surface area contributed by atoms with Crippen LogP contribution in [0.4, 0.5) is 0 Å². The van der Waals surface area contributed by atoms with E-state index in [0.29, 0.717) is 21.9 Å². The van der Waals surface area contributed by atoms with Crippen LogP contribution < -0.4 is 10.4 Å². The Balaban J connectivity index is 2.01. The molecule has 1 unspecified atom stereocenters. The minimum Gasteiger partial charge on any atom is -0.479 e. The van der Waals surface area contributed by atoms with Gasteiger partial charge >= 0.3 is 11.6 Å².